The molecule has 0 atom stereocenters. The van der Waals surface area contributed by atoms with E-state index in [0.29, 0.717) is 17.2 Å². The zero-order valence-electron chi connectivity index (χ0n) is 16.3. The number of carbonyl (C=O) groups excluding carboxylic acids is 2. The van der Waals surface area contributed by atoms with Gasteiger partial charge in [0, 0.05) is 24.4 Å². The monoisotopic (exact) mass is 483 g/mol. The summed E-state index contributed by atoms with van der Waals surface area (Å²) < 4.78 is 8.18. The molecule has 0 N–H and O–H groups in total. The number of hydrogen-bond donors (Lipinski definition) is 0. The van der Waals surface area contributed by atoms with Crippen LogP contribution in [0.1, 0.15) is 12.5 Å². The zero-order valence-corrected chi connectivity index (χ0v) is 18.7. The number of halogens is 1. The van der Waals surface area contributed by atoms with Gasteiger partial charge in [-0.1, -0.05) is 18.2 Å². The minimum Gasteiger partial charge on any atom is -0.493 e. The molecule has 6 nitrogen and oxygen atoms in total. The van der Waals surface area contributed by atoms with Crippen molar-refractivity contribution in [3.05, 3.63) is 69.7 Å². The van der Waals surface area contributed by atoms with Gasteiger partial charge in [-0.15, -0.1) is 0 Å². The number of carbonyl (C=O) groups is 2. The van der Waals surface area contributed by atoms with Gasteiger partial charge in [0.2, 0.25) is 0 Å². The quantitative estimate of drug-likeness (QED) is 0.456. The van der Waals surface area contributed by atoms with Gasteiger partial charge >= 0.3 is 0 Å². The van der Waals surface area contributed by atoms with Crippen molar-refractivity contribution in [2.75, 3.05) is 13.7 Å². The van der Waals surface area contributed by atoms with Gasteiger partial charge < -0.3 is 4.74 Å². The van der Waals surface area contributed by atoms with Crippen LogP contribution in [0.25, 0.3) is 23.0 Å². The van der Waals surface area contributed by atoms with Gasteiger partial charge in [0.25, 0.3) is 11.1 Å². The van der Waals surface area contributed by atoms with Gasteiger partial charge in [-0.2, -0.15) is 5.10 Å². The van der Waals surface area contributed by atoms with E-state index < -0.39 is 0 Å². The highest BCUT2D eigenvalue weighted by Gasteiger charge is 2.32. The molecule has 1 fully saturated rings. The maximum absolute atomic E-state index is 12.4. The lowest BCUT2D eigenvalue weighted by atomic mass is 10.1. The third-order valence-electron chi connectivity index (χ3n) is 4.54. The largest absolute Gasteiger partial charge is 0.493 e. The Labute approximate surface area is 186 Å². The fraction of sp³-hybridized carbons (Fsp3) is 0.136. The van der Waals surface area contributed by atoms with E-state index in [2.05, 4.69) is 15.9 Å². The van der Waals surface area contributed by atoms with Crippen LogP contribution < -0.4 is 4.74 Å². The van der Waals surface area contributed by atoms with Crippen LogP contribution in [0.3, 0.4) is 0 Å². The SMILES string of the molecule is CCOc1ccc(-c2nn(-c3ccccc3)cc2C=C2SC(=O)N(C)C2=O)cc1Br. The van der Waals surface area contributed by atoms with E-state index in [1.165, 1.54) is 7.05 Å². The summed E-state index contributed by atoms with van der Waals surface area (Å²) in [5.41, 5.74) is 3.20. The predicted octanol–water partition coefficient (Wildman–Crippen LogP) is 5.37. The number of hydrogen-bond acceptors (Lipinski definition) is 5. The summed E-state index contributed by atoms with van der Waals surface area (Å²) in [7, 11) is 1.48. The molecule has 3 aromatic rings. The molecule has 152 valence electrons. The van der Waals surface area contributed by atoms with Gasteiger partial charge in [0.15, 0.2) is 0 Å². The first kappa shape index (κ1) is 20.4. The third kappa shape index (κ3) is 3.93. The van der Waals surface area contributed by atoms with Crippen LogP contribution in [-0.2, 0) is 4.79 Å². The minimum atomic E-state index is -0.309. The number of ether oxygens (including phenoxy) is 1. The predicted molar refractivity (Wildman–Crippen MR) is 122 cm³/mol. The van der Waals surface area contributed by atoms with Crippen LogP contribution in [0.4, 0.5) is 4.79 Å². The molecule has 0 unspecified atom stereocenters. The van der Waals surface area contributed by atoms with Gasteiger partial charge in [-0.3, -0.25) is 14.5 Å². The highest BCUT2D eigenvalue weighted by Crippen LogP contribution is 2.36. The zero-order chi connectivity index (χ0) is 21.3. The highest BCUT2D eigenvalue weighted by atomic mass is 79.9. The number of benzene rings is 2. The number of para-hydroxylation sites is 1. The molecule has 0 aliphatic carbocycles. The lowest BCUT2D eigenvalue weighted by molar-refractivity contribution is -0.121. The minimum absolute atomic E-state index is 0.285. The second kappa shape index (κ2) is 8.49. The molecular formula is C22H18BrN3O3S. The molecule has 1 aliphatic rings. The fourth-order valence-corrected chi connectivity index (χ4v) is 4.35. The standard InChI is InChI=1S/C22H18BrN3O3S/c1-3-29-18-10-9-14(11-17(18)23)20-15(12-19-21(27)25(2)22(28)30-19)13-26(24-20)16-7-5-4-6-8-16/h4-13H,3H2,1-2H3. The van der Waals surface area contributed by atoms with Gasteiger partial charge in [0.1, 0.15) is 11.4 Å². The van der Waals surface area contributed by atoms with E-state index in [9.17, 15) is 9.59 Å². The van der Waals surface area contributed by atoms with Crippen molar-refractivity contribution < 1.29 is 14.3 Å². The second-order valence-corrected chi connectivity index (χ2v) is 8.38. The second-order valence-electron chi connectivity index (χ2n) is 6.53. The molecule has 1 aromatic heterocycles. The Morgan fingerprint density at radius 2 is 1.93 bits per heavy atom. The Bertz CT molecular complexity index is 1160. The third-order valence-corrected chi connectivity index (χ3v) is 6.12. The molecule has 2 heterocycles. The summed E-state index contributed by atoms with van der Waals surface area (Å²) in [6, 6.07) is 15.5. The summed E-state index contributed by atoms with van der Waals surface area (Å²) in [4.78, 5) is 25.8. The maximum atomic E-state index is 12.4. The van der Waals surface area contributed by atoms with E-state index in [1.807, 2.05) is 61.7 Å². The molecule has 0 bridgehead atoms. The Kier molecular flexibility index (Phi) is 5.78. The Hall–Kier alpha value is -2.84. The summed E-state index contributed by atoms with van der Waals surface area (Å²) in [5.74, 6) is 0.439. The number of thioether (sulfide) groups is 1. The number of aromatic nitrogens is 2. The first-order valence-electron chi connectivity index (χ1n) is 9.27. The van der Waals surface area contributed by atoms with Crippen molar-refractivity contribution in [1.29, 1.82) is 0 Å². The van der Waals surface area contributed by atoms with Gasteiger partial charge in [0.05, 0.1) is 21.7 Å². The van der Waals surface area contributed by atoms with Crippen LogP contribution in [0.15, 0.2) is 64.1 Å². The molecule has 30 heavy (non-hydrogen) atoms. The summed E-state index contributed by atoms with van der Waals surface area (Å²) >= 11 is 4.48. The number of likely N-dealkylation sites (N-methyl/N-ethyl adjacent to an activating group) is 1. The smallest absolute Gasteiger partial charge is 0.293 e. The number of imide groups is 1. The molecule has 1 saturated heterocycles. The molecule has 0 radical (unpaired) electrons. The van der Waals surface area contributed by atoms with E-state index in [-0.39, 0.29) is 11.1 Å². The number of amides is 2. The van der Waals surface area contributed by atoms with Crippen LogP contribution in [0.5, 0.6) is 5.75 Å². The van der Waals surface area contributed by atoms with E-state index in [1.54, 1.807) is 10.8 Å². The average Bonchev–Trinajstić information content (AvgIpc) is 3.27. The fourth-order valence-electron chi connectivity index (χ4n) is 3.04. The topological polar surface area (TPSA) is 64.4 Å². The van der Waals surface area contributed by atoms with Gasteiger partial charge in [-0.05, 0) is 71.0 Å². The molecule has 2 aromatic carbocycles. The van der Waals surface area contributed by atoms with Crippen LogP contribution in [-0.4, -0.2) is 39.5 Å². The van der Waals surface area contributed by atoms with Crippen LogP contribution in [0.2, 0.25) is 0 Å². The van der Waals surface area contributed by atoms with Crippen molar-refractivity contribution in [2.24, 2.45) is 0 Å². The molecule has 1 aliphatic heterocycles. The molecule has 0 spiro atoms. The molecule has 0 saturated carbocycles. The van der Waals surface area contributed by atoms with Crippen molar-refractivity contribution in [3.8, 4) is 22.7 Å². The average molecular weight is 484 g/mol. The Morgan fingerprint density at radius 3 is 2.57 bits per heavy atom. The summed E-state index contributed by atoms with van der Waals surface area (Å²) in [5, 5.41) is 4.48. The summed E-state index contributed by atoms with van der Waals surface area (Å²) in [6.07, 6.45) is 3.58. The Balaban J connectivity index is 1.83. The van der Waals surface area contributed by atoms with Crippen molar-refractivity contribution in [2.45, 2.75) is 6.92 Å². The van der Waals surface area contributed by atoms with Crippen molar-refractivity contribution in [1.82, 2.24) is 14.7 Å². The first-order valence-corrected chi connectivity index (χ1v) is 10.9. The molecular weight excluding hydrogens is 466 g/mol. The van der Waals surface area contributed by atoms with E-state index >= 15 is 0 Å². The lowest BCUT2D eigenvalue weighted by Crippen LogP contribution is -2.22. The van der Waals surface area contributed by atoms with E-state index in [0.717, 1.165) is 43.7 Å². The highest BCUT2D eigenvalue weighted by molar-refractivity contribution is 9.10. The van der Waals surface area contributed by atoms with Crippen molar-refractivity contribution in [3.63, 3.8) is 0 Å². The molecule has 2 amide bonds. The summed E-state index contributed by atoms with van der Waals surface area (Å²) in [6.45, 7) is 2.50. The normalized spacial score (nSPS) is 15.3. The number of rotatable bonds is 5. The first-order chi connectivity index (χ1) is 14.5. The maximum Gasteiger partial charge on any atom is 0.293 e. The molecule has 4 rings (SSSR count). The van der Waals surface area contributed by atoms with Gasteiger partial charge in [-0.25, -0.2) is 4.68 Å². The van der Waals surface area contributed by atoms with Crippen LogP contribution in [0, 0.1) is 0 Å². The van der Waals surface area contributed by atoms with E-state index in [4.69, 9.17) is 9.84 Å². The molecule has 8 heteroatoms. The van der Waals surface area contributed by atoms with Crippen molar-refractivity contribution >= 4 is 44.9 Å². The lowest BCUT2D eigenvalue weighted by Gasteiger charge is -2.07. The number of nitrogens with zero attached hydrogens (tertiary/aromatic N) is 3. The van der Waals surface area contributed by atoms with Crippen LogP contribution >= 0.6 is 27.7 Å². The Morgan fingerprint density at radius 1 is 1.17 bits per heavy atom.